The molecule has 6 nitrogen and oxygen atoms in total. The lowest BCUT2D eigenvalue weighted by Gasteiger charge is -2.14. The Labute approximate surface area is 156 Å². The number of hydrogen-bond acceptors (Lipinski definition) is 7. The molecule has 25 heavy (non-hydrogen) atoms. The molecule has 1 aliphatic rings. The molecule has 0 bridgehead atoms. The number of hydrogen-bond donors (Lipinski definition) is 1. The third-order valence-corrected chi connectivity index (χ3v) is 6.52. The Hall–Kier alpha value is -1.38. The smallest absolute Gasteiger partial charge is 0.344 e. The highest BCUT2D eigenvalue weighted by Crippen LogP contribution is 2.45. The Bertz CT molecular complexity index is 561. The van der Waals surface area contributed by atoms with E-state index in [0.29, 0.717) is 23.5 Å². The second-order valence-electron chi connectivity index (χ2n) is 5.35. The fourth-order valence-corrected chi connectivity index (χ4v) is 4.98. The Kier molecular flexibility index (Phi) is 8.43. The van der Waals surface area contributed by atoms with Gasteiger partial charge in [0.25, 0.3) is 5.91 Å². The van der Waals surface area contributed by atoms with E-state index in [1.54, 1.807) is 7.11 Å². The molecule has 1 aromatic rings. The van der Waals surface area contributed by atoms with Crippen LogP contribution < -0.4 is 10.1 Å². The first-order valence-corrected chi connectivity index (χ1v) is 10.1. The summed E-state index contributed by atoms with van der Waals surface area (Å²) in [6, 6.07) is 7.73. The first-order valence-electron chi connectivity index (χ1n) is 8.02. The number of esters is 1. The van der Waals surface area contributed by atoms with Crippen LogP contribution in [0.3, 0.4) is 0 Å². The number of rotatable bonds is 9. The van der Waals surface area contributed by atoms with Crippen molar-refractivity contribution in [2.24, 2.45) is 0 Å². The molecule has 0 unspecified atom stereocenters. The molecule has 1 aromatic carbocycles. The van der Waals surface area contributed by atoms with Crippen molar-refractivity contribution in [3.8, 4) is 5.75 Å². The quantitative estimate of drug-likeness (QED) is 0.516. The van der Waals surface area contributed by atoms with E-state index >= 15 is 0 Å². The van der Waals surface area contributed by atoms with Crippen molar-refractivity contribution in [1.82, 2.24) is 5.32 Å². The molecule has 1 heterocycles. The second-order valence-corrected chi connectivity index (χ2v) is 8.07. The van der Waals surface area contributed by atoms with Crippen molar-refractivity contribution >= 4 is 35.4 Å². The molecule has 8 heteroatoms. The number of thioether (sulfide) groups is 2. The summed E-state index contributed by atoms with van der Waals surface area (Å²) in [5.74, 6) is 2.01. The summed E-state index contributed by atoms with van der Waals surface area (Å²) < 4.78 is 15.8. The van der Waals surface area contributed by atoms with Gasteiger partial charge in [-0.05, 0) is 24.6 Å². The van der Waals surface area contributed by atoms with E-state index in [-0.39, 0.29) is 12.5 Å². The van der Waals surface area contributed by atoms with Crippen molar-refractivity contribution in [2.45, 2.75) is 17.6 Å². The summed E-state index contributed by atoms with van der Waals surface area (Å²) in [6.45, 7) is 2.06. The summed E-state index contributed by atoms with van der Waals surface area (Å²) in [7, 11) is 1.55. The molecule has 1 aliphatic heterocycles. The van der Waals surface area contributed by atoms with Gasteiger partial charge in [0.15, 0.2) is 12.7 Å². The van der Waals surface area contributed by atoms with Crippen LogP contribution >= 0.6 is 23.5 Å². The predicted molar refractivity (Wildman–Crippen MR) is 100 cm³/mol. The summed E-state index contributed by atoms with van der Waals surface area (Å²) in [4.78, 5) is 23.5. The monoisotopic (exact) mass is 385 g/mol. The van der Waals surface area contributed by atoms with Gasteiger partial charge in [0.1, 0.15) is 5.75 Å². The minimum absolute atomic E-state index is 0.234. The molecule has 138 valence electrons. The van der Waals surface area contributed by atoms with Gasteiger partial charge in [0.05, 0.1) is 11.2 Å². The Morgan fingerprint density at radius 3 is 2.56 bits per heavy atom. The van der Waals surface area contributed by atoms with E-state index in [4.69, 9.17) is 14.2 Å². The van der Waals surface area contributed by atoms with Gasteiger partial charge in [-0.1, -0.05) is 12.1 Å². The fraction of sp³-hybridized carbons (Fsp3) is 0.529. The molecule has 1 N–H and O–H groups in total. The Balaban J connectivity index is 1.71. The number of nitrogens with one attached hydrogen (secondary N) is 1. The van der Waals surface area contributed by atoms with Crippen molar-refractivity contribution in [2.75, 3.05) is 38.4 Å². The van der Waals surface area contributed by atoms with Gasteiger partial charge in [-0.25, -0.2) is 4.79 Å². The second kappa shape index (κ2) is 10.6. The van der Waals surface area contributed by atoms with Gasteiger partial charge in [0.2, 0.25) is 0 Å². The van der Waals surface area contributed by atoms with Crippen molar-refractivity contribution in [3.63, 3.8) is 0 Å². The molecule has 0 aliphatic carbocycles. The molecular formula is C17H23NO5S2. The zero-order valence-electron chi connectivity index (χ0n) is 14.4. The molecule has 0 aromatic heterocycles. The van der Waals surface area contributed by atoms with Crippen LogP contribution in [0.25, 0.3) is 0 Å². The van der Waals surface area contributed by atoms with Gasteiger partial charge in [0, 0.05) is 25.2 Å². The maximum absolute atomic E-state index is 11.8. The zero-order chi connectivity index (χ0) is 18.1. The lowest BCUT2D eigenvalue weighted by molar-refractivity contribution is -0.156. The van der Waals surface area contributed by atoms with E-state index in [2.05, 4.69) is 5.32 Å². The van der Waals surface area contributed by atoms with E-state index in [0.717, 1.165) is 0 Å². The highest BCUT2D eigenvalue weighted by atomic mass is 32.2. The largest absolute Gasteiger partial charge is 0.482 e. The van der Waals surface area contributed by atoms with Crippen LogP contribution in [0, 0.1) is 0 Å². The average molecular weight is 386 g/mol. The molecular weight excluding hydrogens is 362 g/mol. The third-order valence-electron chi connectivity index (χ3n) is 3.41. The molecule has 1 amide bonds. The minimum atomic E-state index is -0.869. The van der Waals surface area contributed by atoms with Gasteiger partial charge in [-0.3, -0.25) is 4.79 Å². The summed E-state index contributed by atoms with van der Waals surface area (Å²) >= 11 is 3.88. The highest BCUT2D eigenvalue weighted by Gasteiger charge is 2.19. The molecule has 0 radical (unpaired) electrons. The van der Waals surface area contributed by atoms with Crippen LogP contribution in [0.5, 0.6) is 5.75 Å². The number of methoxy groups -OCH3 is 1. The Morgan fingerprint density at radius 1 is 1.24 bits per heavy atom. The predicted octanol–water partition coefficient (Wildman–Crippen LogP) is 2.24. The van der Waals surface area contributed by atoms with Crippen LogP contribution in [0.1, 0.15) is 17.1 Å². The van der Waals surface area contributed by atoms with Crippen LogP contribution in [-0.2, 0) is 19.1 Å². The number of ether oxygens (including phenoxy) is 3. The normalized spacial score (nSPS) is 15.6. The van der Waals surface area contributed by atoms with Crippen LogP contribution in [-0.4, -0.2) is 56.4 Å². The zero-order valence-corrected chi connectivity index (χ0v) is 16.0. The van der Waals surface area contributed by atoms with E-state index in [9.17, 15) is 9.59 Å². The summed E-state index contributed by atoms with van der Waals surface area (Å²) in [5.41, 5.74) is 1.25. The molecule has 0 saturated carbocycles. The summed E-state index contributed by atoms with van der Waals surface area (Å²) in [6.07, 6.45) is -0.869. The summed E-state index contributed by atoms with van der Waals surface area (Å²) in [5, 5.41) is 2.61. The first kappa shape index (κ1) is 19.9. The maximum Gasteiger partial charge on any atom is 0.344 e. The number of amides is 1. The highest BCUT2D eigenvalue weighted by molar-refractivity contribution is 8.19. The van der Waals surface area contributed by atoms with Gasteiger partial charge < -0.3 is 19.5 Å². The van der Waals surface area contributed by atoms with Crippen molar-refractivity contribution in [3.05, 3.63) is 29.8 Å². The van der Waals surface area contributed by atoms with Gasteiger partial charge in [-0.2, -0.15) is 0 Å². The lowest BCUT2D eigenvalue weighted by atomic mass is 10.2. The van der Waals surface area contributed by atoms with Gasteiger partial charge >= 0.3 is 5.97 Å². The minimum Gasteiger partial charge on any atom is -0.482 e. The van der Waals surface area contributed by atoms with Crippen LogP contribution in [0.15, 0.2) is 24.3 Å². The molecule has 0 spiro atoms. The van der Waals surface area contributed by atoms with Crippen LogP contribution in [0.2, 0.25) is 0 Å². The van der Waals surface area contributed by atoms with E-state index < -0.39 is 12.1 Å². The molecule has 1 atom stereocenters. The number of carbonyl (C=O) groups excluding carboxylic acids is 2. The topological polar surface area (TPSA) is 73.9 Å². The van der Waals surface area contributed by atoms with Crippen molar-refractivity contribution in [1.29, 1.82) is 0 Å². The van der Waals surface area contributed by atoms with Crippen LogP contribution in [0.4, 0.5) is 0 Å². The van der Waals surface area contributed by atoms with E-state index in [1.165, 1.54) is 24.0 Å². The first-order chi connectivity index (χ1) is 12.1. The van der Waals surface area contributed by atoms with Gasteiger partial charge in [-0.15, -0.1) is 23.5 Å². The maximum atomic E-state index is 11.8. The van der Waals surface area contributed by atoms with E-state index in [1.807, 2.05) is 47.8 Å². The standard InChI is InChI=1S/C17H23NO5S2/c1-12(16(20)18-7-8-21-2)23-15(19)11-22-14-5-3-13(4-6-14)17-24-9-10-25-17/h3-6,12,17H,7-11H2,1-2H3,(H,18,20)/t12-/m1/s1. The lowest BCUT2D eigenvalue weighted by Crippen LogP contribution is -2.38. The average Bonchev–Trinajstić information content (AvgIpc) is 3.15. The molecule has 2 rings (SSSR count). The molecule has 1 saturated heterocycles. The number of carbonyl (C=O) groups is 2. The molecule has 1 fully saturated rings. The third kappa shape index (κ3) is 6.80. The Morgan fingerprint density at radius 2 is 1.92 bits per heavy atom. The fourth-order valence-electron chi connectivity index (χ4n) is 2.12. The van der Waals surface area contributed by atoms with Crippen molar-refractivity contribution < 1.29 is 23.8 Å². The SMILES string of the molecule is COCCNC(=O)[C@@H](C)OC(=O)COc1ccc(C2SCCS2)cc1. The number of benzene rings is 1.